The normalized spacial score (nSPS) is 16.2. The molecule has 4 nitrogen and oxygen atoms in total. The van der Waals surface area contributed by atoms with E-state index in [9.17, 15) is 4.79 Å². The molecule has 25 heavy (non-hydrogen) atoms. The maximum Gasteiger partial charge on any atom is 0.230 e. The lowest BCUT2D eigenvalue weighted by molar-refractivity contribution is -0.115. The Kier molecular flexibility index (Phi) is 6.08. The third kappa shape index (κ3) is 4.82. The van der Waals surface area contributed by atoms with Crippen molar-refractivity contribution in [1.82, 2.24) is 4.57 Å². The van der Waals surface area contributed by atoms with Crippen LogP contribution in [0.3, 0.4) is 0 Å². The number of hydrogen-bond donors (Lipinski definition) is 1. The summed E-state index contributed by atoms with van der Waals surface area (Å²) >= 11 is 1.64. The van der Waals surface area contributed by atoms with E-state index in [1.807, 2.05) is 19.2 Å². The minimum atomic E-state index is 0.0156. The van der Waals surface area contributed by atoms with Crippen LogP contribution >= 0.6 is 11.3 Å². The lowest BCUT2D eigenvalue weighted by Gasteiger charge is -2.16. The van der Waals surface area contributed by atoms with Gasteiger partial charge in [-0.1, -0.05) is 38.3 Å². The van der Waals surface area contributed by atoms with Crippen molar-refractivity contribution in [3.05, 3.63) is 45.7 Å². The van der Waals surface area contributed by atoms with E-state index >= 15 is 0 Å². The molecule has 1 saturated carbocycles. The molecule has 1 aliphatic carbocycles. The van der Waals surface area contributed by atoms with Crippen LogP contribution in [-0.2, 0) is 24.7 Å². The van der Waals surface area contributed by atoms with Crippen LogP contribution < -0.4 is 10.1 Å². The first kappa shape index (κ1) is 17.9. The summed E-state index contributed by atoms with van der Waals surface area (Å²) < 4.78 is 2.07. The van der Waals surface area contributed by atoms with Gasteiger partial charge in [0.1, 0.15) is 0 Å². The fourth-order valence-electron chi connectivity index (χ4n) is 3.24. The molecule has 134 valence electrons. The van der Waals surface area contributed by atoms with Crippen molar-refractivity contribution in [2.75, 3.05) is 5.32 Å². The zero-order valence-electron chi connectivity index (χ0n) is 15.1. The highest BCUT2D eigenvalue weighted by Crippen LogP contribution is 2.20. The van der Waals surface area contributed by atoms with E-state index in [1.54, 1.807) is 11.3 Å². The number of anilines is 1. The SMILES string of the molecule is CCc1ccc(NC(=O)Cc2csc(=NC3CCCCC3)n2C)cc1. The summed E-state index contributed by atoms with van der Waals surface area (Å²) in [6.45, 7) is 2.13. The van der Waals surface area contributed by atoms with Gasteiger partial charge in [0, 0.05) is 23.8 Å². The Hall–Kier alpha value is -1.88. The zero-order chi connectivity index (χ0) is 17.6. The van der Waals surface area contributed by atoms with Crippen molar-refractivity contribution in [3.8, 4) is 0 Å². The molecular formula is C20H27N3OS. The van der Waals surface area contributed by atoms with Gasteiger partial charge in [-0.2, -0.15) is 0 Å². The number of carbonyl (C=O) groups is 1. The molecule has 1 aromatic carbocycles. The number of nitrogens with zero attached hydrogens (tertiary/aromatic N) is 2. The van der Waals surface area contributed by atoms with E-state index in [2.05, 4.69) is 34.3 Å². The van der Waals surface area contributed by atoms with Gasteiger partial charge in [0.25, 0.3) is 0 Å². The van der Waals surface area contributed by atoms with Crippen LogP contribution in [0.2, 0.25) is 0 Å². The maximum absolute atomic E-state index is 12.3. The first-order valence-corrected chi connectivity index (χ1v) is 10.1. The Morgan fingerprint density at radius 2 is 1.96 bits per heavy atom. The zero-order valence-corrected chi connectivity index (χ0v) is 15.9. The number of amides is 1. The molecule has 0 spiro atoms. The van der Waals surface area contributed by atoms with Crippen molar-refractivity contribution in [2.45, 2.75) is 57.9 Å². The van der Waals surface area contributed by atoms with Crippen LogP contribution in [0.25, 0.3) is 0 Å². The molecule has 1 N–H and O–H groups in total. The summed E-state index contributed by atoms with van der Waals surface area (Å²) in [6, 6.07) is 8.50. The van der Waals surface area contributed by atoms with Gasteiger partial charge in [-0.25, -0.2) is 0 Å². The largest absolute Gasteiger partial charge is 0.326 e. The molecule has 0 saturated heterocycles. The van der Waals surface area contributed by atoms with Crippen LogP contribution in [0.1, 0.15) is 50.3 Å². The first-order valence-electron chi connectivity index (χ1n) is 9.21. The average Bonchev–Trinajstić information content (AvgIpc) is 2.96. The van der Waals surface area contributed by atoms with Gasteiger partial charge < -0.3 is 9.88 Å². The van der Waals surface area contributed by atoms with E-state index in [1.165, 1.54) is 37.7 Å². The number of aromatic nitrogens is 1. The molecule has 3 rings (SSSR count). The van der Waals surface area contributed by atoms with E-state index in [0.717, 1.165) is 22.6 Å². The van der Waals surface area contributed by atoms with Crippen LogP contribution in [0, 0.1) is 0 Å². The standard InChI is InChI=1S/C20H27N3OS/c1-3-15-9-11-17(12-10-15)21-19(24)13-18-14-25-20(23(18)2)22-16-7-5-4-6-8-16/h9-12,14,16H,3-8,13H2,1-2H3,(H,21,24). The number of rotatable bonds is 5. The summed E-state index contributed by atoms with van der Waals surface area (Å²) in [5, 5.41) is 5.04. The van der Waals surface area contributed by atoms with E-state index in [-0.39, 0.29) is 5.91 Å². The summed E-state index contributed by atoms with van der Waals surface area (Å²) in [4.78, 5) is 18.3. The van der Waals surface area contributed by atoms with Crippen LogP contribution in [0.4, 0.5) is 5.69 Å². The second kappa shape index (κ2) is 8.48. The van der Waals surface area contributed by atoms with Crippen molar-refractivity contribution < 1.29 is 4.79 Å². The predicted octanol–water partition coefficient (Wildman–Crippen LogP) is 4.06. The third-order valence-electron chi connectivity index (χ3n) is 4.87. The predicted molar refractivity (Wildman–Crippen MR) is 104 cm³/mol. The minimum Gasteiger partial charge on any atom is -0.326 e. The fourth-order valence-corrected chi connectivity index (χ4v) is 4.21. The number of carbonyl (C=O) groups excluding carboxylic acids is 1. The average molecular weight is 358 g/mol. The highest BCUT2D eigenvalue weighted by molar-refractivity contribution is 7.07. The van der Waals surface area contributed by atoms with Gasteiger partial charge >= 0.3 is 0 Å². The van der Waals surface area contributed by atoms with Gasteiger partial charge in [0.2, 0.25) is 5.91 Å². The van der Waals surface area contributed by atoms with Crippen LogP contribution in [0.5, 0.6) is 0 Å². The Morgan fingerprint density at radius 3 is 2.64 bits per heavy atom. The Morgan fingerprint density at radius 1 is 1.24 bits per heavy atom. The molecule has 1 aromatic heterocycles. The van der Waals surface area contributed by atoms with Gasteiger partial charge in [-0.15, -0.1) is 11.3 Å². The Balaban J connectivity index is 1.64. The Bertz CT molecular complexity index is 767. The highest BCUT2D eigenvalue weighted by Gasteiger charge is 2.13. The van der Waals surface area contributed by atoms with Gasteiger partial charge in [0.15, 0.2) is 4.80 Å². The molecule has 0 aliphatic heterocycles. The van der Waals surface area contributed by atoms with Gasteiger partial charge in [0.05, 0.1) is 12.5 Å². The molecule has 0 bridgehead atoms. The lowest BCUT2D eigenvalue weighted by Crippen LogP contribution is -2.22. The number of benzene rings is 1. The maximum atomic E-state index is 12.3. The van der Waals surface area contributed by atoms with Crippen molar-refractivity contribution >= 4 is 22.9 Å². The number of thiazole rings is 1. The molecule has 5 heteroatoms. The smallest absolute Gasteiger partial charge is 0.230 e. The molecule has 0 radical (unpaired) electrons. The topological polar surface area (TPSA) is 46.4 Å². The molecule has 1 amide bonds. The van der Waals surface area contributed by atoms with E-state index in [4.69, 9.17) is 4.99 Å². The summed E-state index contributed by atoms with van der Waals surface area (Å²) in [5.41, 5.74) is 3.14. The summed E-state index contributed by atoms with van der Waals surface area (Å²) in [6.07, 6.45) is 7.69. The number of aryl methyl sites for hydroxylation is 1. The second-order valence-corrected chi connectivity index (χ2v) is 7.60. The highest BCUT2D eigenvalue weighted by atomic mass is 32.1. The monoisotopic (exact) mass is 357 g/mol. The molecule has 2 aromatic rings. The van der Waals surface area contributed by atoms with E-state index in [0.29, 0.717) is 12.5 Å². The van der Waals surface area contributed by atoms with Crippen molar-refractivity contribution in [2.24, 2.45) is 12.0 Å². The molecule has 0 unspecified atom stereocenters. The first-order chi connectivity index (χ1) is 12.2. The summed E-state index contributed by atoms with van der Waals surface area (Å²) in [7, 11) is 2.01. The molecular weight excluding hydrogens is 330 g/mol. The molecule has 1 fully saturated rings. The fraction of sp³-hybridized carbons (Fsp3) is 0.500. The Labute approximate surface area is 153 Å². The van der Waals surface area contributed by atoms with Gasteiger partial charge in [-0.05, 0) is 37.0 Å². The van der Waals surface area contributed by atoms with Crippen molar-refractivity contribution in [3.63, 3.8) is 0 Å². The van der Waals surface area contributed by atoms with Crippen LogP contribution in [0.15, 0.2) is 34.6 Å². The number of hydrogen-bond acceptors (Lipinski definition) is 3. The van der Waals surface area contributed by atoms with Crippen molar-refractivity contribution in [1.29, 1.82) is 0 Å². The minimum absolute atomic E-state index is 0.0156. The molecule has 1 heterocycles. The molecule has 1 aliphatic rings. The second-order valence-electron chi connectivity index (χ2n) is 6.76. The quantitative estimate of drug-likeness (QED) is 0.862. The van der Waals surface area contributed by atoms with Gasteiger partial charge in [-0.3, -0.25) is 9.79 Å². The summed E-state index contributed by atoms with van der Waals surface area (Å²) in [5.74, 6) is 0.0156. The number of nitrogens with one attached hydrogen (secondary N) is 1. The van der Waals surface area contributed by atoms with E-state index < -0.39 is 0 Å². The lowest BCUT2D eigenvalue weighted by atomic mass is 9.96. The molecule has 0 atom stereocenters. The third-order valence-corrected chi connectivity index (χ3v) is 5.85. The van der Waals surface area contributed by atoms with Crippen LogP contribution in [-0.4, -0.2) is 16.5 Å².